The standard InChI is InChI=1S/C23H19N5O2S2/c1-13-21(32-20(25-13)11-16-4-2-3-9-24-16)22(30)28-23-27-18(12-31-23)15-5-7-17-14(10-15)6-8-19(29)26-17/h2-5,7,9-10,12H,6,8,11H2,1H3,(H,26,29)(H,27,28,30). The molecule has 2 N–H and O–H groups in total. The van der Waals surface area contributed by atoms with E-state index in [0.717, 1.165) is 33.2 Å². The number of amides is 2. The second-order valence-electron chi connectivity index (χ2n) is 7.43. The summed E-state index contributed by atoms with van der Waals surface area (Å²) in [6, 6.07) is 11.6. The molecule has 32 heavy (non-hydrogen) atoms. The summed E-state index contributed by atoms with van der Waals surface area (Å²) in [4.78, 5) is 38.4. The molecule has 0 saturated heterocycles. The fraction of sp³-hybridized carbons (Fsp3) is 0.174. The number of fused-ring (bicyclic) bond motifs is 1. The number of hydrogen-bond acceptors (Lipinski definition) is 7. The smallest absolute Gasteiger partial charge is 0.269 e. The number of carbonyl (C=O) groups is 2. The molecule has 0 saturated carbocycles. The number of aryl methyl sites for hydroxylation is 2. The van der Waals surface area contributed by atoms with Gasteiger partial charge in [-0.25, -0.2) is 9.97 Å². The van der Waals surface area contributed by atoms with Gasteiger partial charge in [0.25, 0.3) is 5.91 Å². The summed E-state index contributed by atoms with van der Waals surface area (Å²) in [5.41, 5.74) is 5.33. The molecule has 7 nitrogen and oxygen atoms in total. The maximum absolute atomic E-state index is 12.8. The molecule has 0 spiro atoms. The molecule has 4 heterocycles. The molecule has 1 aliphatic heterocycles. The van der Waals surface area contributed by atoms with Gasteiger partial charge in [0.15, 0.2) is 5.13 Å². The lowest BCUT2D eigenvalue weighted by Gasteiger charge is -2.17. The average molecular weight is 462 g/mol. The Labute approximate surface area is 192 Å². The summed E-state index contributed by atoms with van der Waals surface area (Å²) >= 11 is 2.76. The first-order valence-corrected chi connectivity index (χ1v) is 11.8. The van der Waals surface area contributed by atoms with Crippen molar-refractivity contribution in [2.24, 2.45) is 0 Å². The Morgan fingerprint density at radius 2 is 2.09 bits per heavy atom. The van der Waals surface area contributed by atoms with Crippen LogP contribution in [-0.4, -0.2) is 26.8 Å². The predicted octanol–water partition coefficient (Wildman–Crippen LogP) is 4.70. The Kier molecular flexibility index (Phi) is 5.50. The zero-order valence-corrected chi connectivity index (χ0v) is 18.8. The third kappa shape index (κ3) is 4.30. The largest absolute Gasteiger partial charge is 0.326 e. The summed E-state index contributed by atoms with van der Waals surface area (Å²) in [6.07, 6.45) is 3.56. The Bertz CT molecular complexity index is 1310. The molecule has 4 aromatic rings. The Morgan fingerprint density at radius 3 is 2.94 bits per heavy atom. The summed E-state index contributed by atoms with van der Waals surface area (Å²) < 4.78 is 0. The number of rotatable bonds is 5. The number of hydrogen-bond donors (Lipinski definition) is 2. The number of nitrogens with zero attached hydrogens (tertiary/aromatic N) is 3. The number of anilines is 2. The number of nitrogens with one attached hydrogen (secondary N) is 2. The van der Waals surface area contributed by atoms with E-state index in [2.05, 4.69) is 25.6 Å². The van der Waals surface area contributed by atoms with Gasteiger partial charge >= 0.3 is 0 Å². The lowest BCUT2D eigenvalue weighted by Crippen LogP contribution is -2.18. The van der Waals surface area contributed by atoms with Crippen molar-refractivity contribution in [2.75, 3.05) is 10.6 Å². The number of carbonyl (C=O) groups excluding carboxylic acids is 2. The fourth-order valence-electron chi connectivity index (χ4n) is 3.56. The lowest BCUT2D eigenvalue weighted by atomic mass is 9.99. The van der Waals surface area contributed by atoms with Crippen LogP contribution in [0.5, 0.6) is 0 Å². The monoisotopic (exact) mass is 461 g/mol. The average Bonchev–Trinajstić information content (AvgIpc) is 3.40. The highest BCUT2D eigenvalue weighted by atomic mass is 32.1. The van der Waals surface area contributed by atoms with E-state index in [0.29, 0.717) is 35.0 Å². The second-order valence-corrected chi connectivity index (χ2v) is 9.37. The van der Waals surface area contributed by atoms with E-state index in [1.807, 2.05) is 48.7 Å². The van der Waals surface area contributed by atoms with Crippen molar-refractivity contribution in [3.8, 4) is 11.3 Å². The van der Waals surface area contributed by atoms with Crippen LogP contribution in [0.1, 0.15) is 38.1 Å². The van der Waals surface area contributed by atoms with Crippen LogP contribution in [0.4, 0.5) is 10.8 Å². The highest BCUT2D eigenvalue weighted by Crippen LogP contribution is 2.31. The molecule has 0 aliphatic carbocycles. The van der Waals surface area contributed by atoms with E-state index in [1.54, 1.807) is 6.20 Å². The maximum atomic E-state index is 12.8. The van der Waals surface area contributed by atoms with Crippen molar-refractivity contribution >= 4 is 45.3 Å². The van der Waals surface area contributed by atoms with Crippen LogP contribution in [0.15, 0.2) is 48.0 Å². The third-order valence-corrected chi connectivity index (χ3v) is 7.04. The van der Waals surface area contributed by atoms with Crippen LogP contribution in [0.25, 0.3) is 11.3 Å². The van der Waals surface area contributed by atoms with Gasteiger partial charge in [0.1, 0.15) is 4.88 Å². The van der Waals surface area contributed by atoms with Gasteiger partial charge in [-0.3, -0.25) is 19.9 Å². The van der Waals surface area contributed by atoms with E-state index in [4.69, 9.17) is 0 Å². The number of aromatic nitrogens is 3. The Morgan fingerprint density at radius 1 is 1.19 bits per heavy atom. The van der Waals surface area contributed by atoms with E-state index >= 15 is 0 Å². The van der Waals surface area contributed by atoms with Crippen molar-refractivity contribution in [1.82, 2.24) is 15.0 Å². The topological polar surface area (TPSA) is 96.9 Å². The zero-order valence-electron chi connectivity index (χ0n) is 17.2. The molecule has 5 rings (SSSR count). The zero-order chi connectivity index (χ0) is 22.1. The Balaban J connectivity index is 1.30. The van der Waals surface area contributed by atoms with Crippen LogP contribution in [0.2, 0.25) is 0 Å². The summed E-state index contributed by atoms with van der Waals surface area (Å²) in [5.74, 6) is -0.160. The van der Waals surface area contributed by atoms with Crippen molar-refractivity contribution in [3.63, 3.8) is 0 Å². The normalized spacial score (nSPS) is 12.8. The Hall–Kier alpha value is -3.43. The first-order chi connectivity index (χ1) is 15.5. The molecular formula is C23H19N5O2S2. The molecule has 3 aromatic heterocycles. The molecule has 9 heteroatoms. The lowest BCUT2D eigenvalue weighted by molar-refractivity contribution is -0.116. The van der Waals surface area contributed by atoms with Gasteiger partial charge in [-0.2, -0.15) is 0 Å². The number of benzene rings is 1. The van der Waals surface area contributed by atoms with Gasteiger partial charge in [-0.15, -0.1) is 22.7 Å². The van der Waals surface area contributed by atoms with Crippen molar-refractivity contribution < 1.29 is 9.59 Å². The minimum atomic E-state index is -0.207. The molecule has 0 bridgehead atoms. The van der Waals surface area contributed by atoms with Crippen molar-refractivity contribution in [2.45, 2.75) is 26.2 Å². The van der Waals surface area contributed by atoms with Gasteiger partial charge < -0.3 is 5.32 Å². The van der Waals surface area contributed by atoms with Crippen LogP contribution in [0, 0.1) is 6.92 Å². The quantitative estimate of drug-likeness (QED) is 0.449. The number of thiazole rings is 2. The van der Waals surface area contributed by atoms with Gasteiger partial charge in [0.05, 0.1) is 16.4 Å². The van der Waals surface area contributed by atoms with Gasteiger partial charge in [0.2, 0.25) is 5.91 Å². The highest BCUT2D eigenvalue weighted by Gasteiger charge is 2.19. The van der Waals surface area contributed by atoms with Gasteiger partial charge in [0, 0.05) is 41.4 Å². The van der Waals surface area contributed by atoms with Crippen molar-refractivity contribution in [3.05, 3.63) is 74.8 Å². The molecule has 2 amide bonds. The van der Waals surface area contributed by atoms with E-state index < -0.39 is 0 Å². The second kappa shape index (κ2) is 8.60. The summed E-state index contributed by atoms with van der Waals surface area (Å²) in [7, 11) is 0. The summed E-state index contributed by atoms with van der Waals surface area (Å²) in [6.45, 7) is 1.84. The SMILES string of the molecule is Cc1nc(Cc2ccccn2)sc1C(=O)Nc1nc(-c2ccc3c(c2)CCC(=O)N3)cs1. The minimum absolute atomic E-state index is 0.0467. The van der Waals surface area contributed by atoms with Crippen molar-refractivity contribution in [1.29, 1.82) is 0 Å². The van der Waals surface area contributed by atoms with Gasteiger partial charge in [-0.05, 0) is 43.2 Å². The molecule has 0 radical (unpaired) electrons. The van der Waals surface area contributed by atoms with Crippen LogP contribution < -0.4 is 10.6 Å². The third-order valence-electron chi connectivity index (χ3n) is 5.13. The van der Waals surface area contributed by atoms with E-state index in [-0.39, 0.29) is 11.8 Å². The first kappa shape index (κ1) is 20.5. The summed E-state index contributed by atoms with van der Waals surface area (Å²) in [5, 5.41) is 9.10. The van der Waals surface area contributed by atoms with E-state index in [1.165, 1.54) is 22.7 Å². The fourth-order valence-corrected chi connectivity index (χ4v) is 5.25. The molecule has 160 valence electrons. The predicted molar refractivity (Wildman–Crippen MR) is 126 cm³/mol. The van der Waals surface area contributed by atoms with Crippen LogP contribution in [0.3, 0.4) is 0 Å². The minimum Gasteiger partial charge on any atom is -0.326 e. The van der Waals surface area contributed by atoms with Gasteiger partial charge in [-0.1, -0.05) is 12.1 Å². The highest BCUT2D eigenvalue weighted by molar-refractivity contribution is 7.15. The molecule has 1 aromatic carbocycles. The number of pyridine rings is 1. The van der Waals surface area contributed by atoms with E-state index in [9.17, 15) is 9.59 Å². The molecular weight excluding hydrogens is 442 g/mol. The molecule has 1 aliphatic rings. The van der Waals surface area contributed by atoms with Crippen LogP contribution in [-0.2, 0) is 17.6 Å². The molecule has 0 atom stereocenters. The van der Waals surface area contributed by atoms with Crippen LogP contribution >= 0.6 is 22.7 Å². The molecule has 0 unspecified atom stereocenters. The maximum Gasteiger partial charge on any atom is 0.269 e. The first-order valence-electron chi connectivity index (χ1n) is 10.1. The molecule has 0 fully saturated rings.